The van der Waals surface area contributed by atoms with E-state index in [-0.39, 0.29) is 5.91 Å². The molecule has 0 saturated carbocycles. The summed E-state index contributed by atoms with van der Waals surface area (Å²) in [6.07, 6.45) is 2.15. The molecule has 160 valence electrons. The van der Waals surface area contributed by atoms with Gasteiger partial charge >= 0.3 is 0 Å². The van der Waals surface area contributed by atoms with E-state index in [1.54, 1.807) is 0 Å². The maximum Gasteiger partial charge on any atom is 0.256 e. The van der Waals surface area contributed by atoms with Gasteiger partial charge in [-0.05, 0) is 63.1 Å². The first-order chi connectivity index (χ1) is 15.1. The minimum Gasteiger partial charge on any atom is -0.352 e. The van der Waals surface area contributed by atoms with Crippen LogP contribution in [-0.4, -0.2) is 53.7 Å². The van der Waals surface area contributed by atoms with Gasteiger partial charge < -0.3 is 10.2 Å². The zero-order valence-corrected chi connectivity index (χ0v) is 18.2. The number of aromatic nitrogens is 2. The number of H-pyrrole nitrogens is 1. The van der Waals surface area contributed by atoms with Crippen LogP contribution in [0.1, 0.15) is 31.4 Å². The largest absolute Gasteiger partial charge is 0.352 e. The van der Waals surface area contributed by atoms with E-state index in [0.29, 0.717) is 0 Å². The fourth-order valence-electron chi connectivity index (χ4n) is 4.75. The van der Waals surface area contributed by atoms with Crippen LogP contribution in [0.3, 0.4) is 0 Å². The normalized spacial score (nSPS) is 16.6. The highest BCUT2D eigenvalue weighted by atomic mass is 16.2. The van der Waals surface area contributed by atoms with Gasteiger partial charge in [-0.1, -0.05) is 23.8 Å². The molecule has 0 radical (unpaired) electrons. The number of nitrogens with zero attached hydrogens (tertiary/aromatic N) is 3. The van der Waals surface area contributed by atoms with Crippen molar-refractivity contribution in [3.63, 3.8) is 0 Å². The first-order valence-electron chi connectivity index (χ1n) is 11.1. The molecule has 0 unspecified atom stereocenters. The lowest BCUT2D eigenvalue weighted by Crippen LogP contribution is -2.46. The summed E-state index contributed by atoms with van der Waals surface area (Å²) >= 11 is 0. The molecule has 6 heteroatoms. The second-order valence-corrected chi connectivity index (χ2v) is 8.73. The molecule has 2 aliphatic heterocycles. The number of carbonyl (C=O) groups excluding carboxylic acids is 1. The Morgan fingerprint density at radius 1 is 1.06 bits per heavy atom. The lowest BCUT2D eigenvalue weighted by atomic mass is 9.99. The van der Waals surface area contributed by atoms with Crippen LogP contribution in [-0.2, 0) is 11.2 Å². The summed E-state index contributed by atoms with van der Waals surface area (Å²) in [5.74, 6) is 1.10. The van der Waals surface area contributed by atoms with E-state index in [4.69, 9.17) is 0 Å². The third kappa shape index (κ3) is 3.83. The Labute approximate surface area is 182 Å². The number of aromatic amines is 1. The van der Waals surface area contributed by atoms with Gasteiger partial charge in [0.15, 0.2) is 5.82 Å². The minimum atomic E-state index is 0.0229. The van der Waals surface area contributed by atoms with Crippen molar-refractivity contribution in [2.45, 2.75) is 26.7 Å². The molecule has 0 bridgehead atoms. The molecule has 5 rings (SSSR count). The molecule has 6 nitrogen and oxygen atoms in total. The predicted molar refractivity (Wildman–Crippen MR) is 126 cm³/mol. The summed E-state index contributed by atoms with van der Waals surface area (Å²) in [5, 5.41) is 11.9. The molecule has 0 atom stereocenters. The van der Waals surface area contributed by atoms with E-state index in [9.17, 15) is 4.79 Å². The maximum atomic E-state index is 12.2. The molecule has 3 aromatic rings. The van der Waals surface area contributed by atoms with Gasteiger partial charge in [-0.25, -0.2) is 0 Å². The van der Waals surface area contributed by atoms with Gasteiger partial charge in [-0.3, -0.25) is 14.8 Å². The van der Waals surface area contributed by atoms with E-state index in [1.807, 2.05) is 26.0 Å². The van der Waals surface area contributed by atoms with Crippen molar-refractivity contribution >= 4 is 33.9 Å². The Kier molecular flexibility index (Phi) is 5.24. The number of nitrogens with one attached hydrogen (secondary N) is 2. The van der Waals surface area contributed by atoms with Crippen LogP contribution in [0.15, 0.2) is 48.0 Å². The SMILES string of the molecule is CC(C)=C1C(=O)Nc2ccc(CCCN3CCN(c4n[nH]c5ccccc45)CC3)cc21. The molecule has 1 amide bonds. The van der Waals surface area contributed by atoms with Crippen molar-refractivity contribution in [1.29, 1.82) is 0 Å². The van der Waals surface area contributed by atoms with Gasteiger partial charge in [0.2, 0.25) is 0 Å². The van der Waals surface area contributed by atoms with Gasteiger partial charge in [-0.2, -0.15) is 5.10 Å². The summed E-state index contributed by atoms with van der Waals surface area (Å²) in [6.45, 7) is 9.23. The molecule has 2 aliphatic rings. The van der Waals surface area contributed by atoms with Gasteiger partial charge in [-0.15, -0.1) is 0 Å². The zero-order chi connectivity index (χ0) is 21.4. The summed E-state index contributed by atoms with van der Waals surface area (Å²) in [4.78, 5) is 17.1. The number of anilines is 2. The number of para-hydroxylation sites is 1. The number of rotatable bonds is 5. The van der Waals surface area contributed by atoms with Crippen LogP contribution < -0.4 is 10.2 Å². The van der Waals surface area contributed by atoms with E-state index < -0.39 is 0 Å². The average Bonchev–Trinajstić information content (AvgIpc) is 3.34. The van der Waals surface area contributed by atoms with Crippen LogP contribution in [0.25, 0.3) is 16.5 Å². The summed E-state index contributed by atoms with van der Waals surface area (Å²) in [7, 11) is 0. The third-order valence-corrected chi connectivity index (χ3v) is 6.39. The van der Waals surface area contributed by atoms with Gasteiger partial charge in [0.25, 0.3) is 5.91 Å². The molecule has 0 aliphatic carbocycles. The number of hydrogen-bond donors (Lipinski definition) is 2. The topological polar surface area (TPSA) is 64.3 Å². The highest BCUT2D eigenvalue weighted by molar-refractivity contribution is 6.32. The lowest BCUT2D eigenvalue weighted by Gasteiger charge is -2.35. The highest BCUT2D eigenvalue weighted by Crippen LogP contribution is 2.34. The van der Waals surface area contributed by atoms with E-state index in [2.05, 4.69) is 55.6 Å². The Morgan fingerprint density at radius 2 is 1.87 bits per heavy atom. The Hall–Kier alpha value is -3.12. The van der Waals surface area contributed by atoms with Crippen LogP contribution >= 0.6 is 0 Å². The molecule has 1 fully saturated rings. The number of amides is 1. The second-order valence-electron chi connectivity index (χ2n) is 8.73. The maximum absolute atomic E-state index is 12.2. The fourth-order valence-corrected chi connectivity index (χ4v) is 4.75. The Bertz CT molecular complexity index is 1150. The number of piperazine rings is 1. The molecule has 31 heavy (non-hydrogen) atoms. The van der Waals surface area contributed by atoms with E-state index >= 15 is 0 Å². The molecule has 1 aromatic heterocycles. The van der Waals surface area contributed by atoms with Crippen LogP contribution in [0.5, 0.6) is 0 Å². The third-order valence-electron chi connectivity index (χ3n) is 6.39. The van der Waals surface area contributed by atoms with Crippen molar-refractivity contribution < 1.29 is 4.79 Å². The molecule has 2 N–H and O–H groups in total. The van der Waals surface area contributed by atoms with Crippen molar-refractivity contribution in [2.24, 2.45) is 0 Å². The molecular formula is C25H29N5O. The molecule has 2 aromatic carbocycles. The fraction of sp³-hybridized carbons (Fsp3) is 0.360. The number of carbonyl (C=O) groups is 1. The molecule has 0 spiro atoms. The monoisotopic (exact) mass is 415 g/mol. The number of fused-ring (bicyclic) bond motifs is 2. The van der Waals surface area contributed by atoms with Gasteiger partial charge in [0.05, 0.1) is 5.52 Å². The first kappa shape index (κ1) is 19.8. The smallest absolute Gasteiger partial charge is 0.256 e. The van der Waals surface area contributed by atoms with E-state index in [1.165, 1.54) is 10.9 Å². The van der Waals surface area contributed by atoms with Crippen molar-refractivity contribution in [3.05, 3.63) is 59.2 Å². The number of benzene rings is 2. The van der Waals surface area contributed by atoms with Gasteiger partial charge in [0.1, 0.15) is 0 Å². The highest BCUT2D eigenvalue weighted by Gasteiger charge is 2.25. The minimum absolute atomic E-state index is 0.0229. The predicted octanol–water partition coefficient (Wildman–Crippen LogP) is 4.06. The molecular weight excluding hydrogens is 386 g/mol. The standard InChI is InChI=1S/C25H29N5O/c1-17(2)23-20-16-18(9-10-21(20)26-25(23)31)6-5-11-29-12-14-30(15-13-29)24-19-7-3-4-8-22(19)27-28-24/h3-4,7-10,16H,5-6,11-15H2,1-2H3,(H,26,31)(H,27,28). The summed E-state index contributed by atoms with van der Waals surface area (Å²) in [6, 6.07) is 14.7. The molecule has 3 heterocycles. The number of aryl methyl sites for hydroxylation is 1. The van der Waals surface area contributed by atoms with Crippen LogP contribution in [0, 0.1) is 0 Å². The van der Waals surface area contributed by atoms with Crippen molar-refractivity contribution in [1.82, 2.24) is 15.1 Å². The quantitative estimate of drug-likeness (QED) is 0.617. The summed E-state index contributed by atoms with van der Waals surface area (Å²) in [5.41, 5.74) is 6.29. The van der Waals surface area contributed by atoms with Crippen molar-refractivity contribution in [2.75, 3.05) is 42.9 Å². The van der Waals surface area contributed by atoms with Crippen molar-refractivity contribution in [3.8, 4) is 0 Å². The zero-order valence-electron chi connectivity index (χ0n) is 18.2. The number of hydrogen-bond acceptors (Lipinski definition) is 4. The Balaban J connectivity index is 1.15. The van der Waals surface area contributed by atoms with Crippen LogP contribution in [0.4, 0.5) is 11.5 Å². The average molecular weight is 416 g/mol. The first-order valence-corrected chi connectivity index (χ1v) is 11.1. The van der Waals surface area contributed by atoms with Crippen LogP contribution in [0.2, 0.25) is 0 Å². The second kappa shape index (κ2) is 8.19. The summed E-state index contributed by atoms with van der Waals surface area (Å²) < 4.78 is 0. The van der Waals surface area contributed by atoms with Gasteiger partial charge in [0, 0.05) is 48.4 Å². The number of allylic oxidation sites excluding steroid dienone is 1. The Morgan fingerprint density at radius 3 is 2.68 bits per heavy atom. The van der Waals surface area contributed by atoms with E-state index in [0.717, 1.165) is 79.3 Å². The lowest BCUT2D eigenvalue weighted by molar-refractivity contribution is -0.110. The molecule has 1 saturated heterocycles.